The normalized spacial score (nSPS) is 15.3. The van der Waals surface area contributed by atoms with Crippen LogP contribution in [0.1, 0.15) is 43.6 Å². The van der Waals surface area contributed by atoms with E-state index in [4.69, 9.17) is 10.2 Å². The third kappa shape index (κ3) is 6.96. The van der Waals surface area contributed by atoms with Gasteiger partial charge >= 0.3 is 0 Å². The van der Waals surface area contributed by atoms with Crippen LogP contribution in [-0.4, -0.2) is 41.6 Å². The third-order valence-corrected chi connectivity index (χ3v) is 4.90. The molecule has 0 heterocycles. The predicted octanol–water partition coefficient (Wildman–Crippen LogP) is 3.53. The van der Waals surface area contributed by atoms with Gasteiger partial charge in [0.2, 0.25) is 0 Å². The Morgan fingerprint density at radius 3 is 1.91 bits per heavy atom. The van der Waals surface area contributed by atoms with Gasteiger partial charge in [-0.2, -0.15) is 0 Å². The number of rotatable bonds is 5. The Kier molecular flexibility index (Phi) is 10.3. The molecule has 1 fully saturated rings. The largest absolute Gasteiger partial charge is 0.506 e. The molecule has 0 aromatic heterocycles. The molecule has 126 valence electrons. The summed E-state index contributed by atoms with van der Waals surface area (Å²) in [5, 5.41) is 28.7. The minimum Gasteiger partial charge on any atom is -0.506 e. The summed E-state index contributed by atoms with van der Waals surface area (Å²) < 4.78 is 1.58. The van der Waals surface area contributed by atoms with Crippen LogP contribution in [0, 0.1) is 0 Å². The number of aliphatic hydroxyl groups is 2. The van der Waals surface area contributed by atoms with E-state index in [2.05, 4.69) is 49.3 Å². The van der Waals surface area contributed by atoms with Gasteiger partial charge in [-0.05, 0) is 68.3 Å². The van der Waals surface area contributed by atoms with Gasteiger partial charge in [0.15, 0.2) is 0 Å². The highest BCUT2D eigenvalue weighted by molar-refractivity contribution is 9.11. The fourth-order valence-electron chi connectivity index (χ4n) is 2.54. The lowest BCUT2D eigenvalue weighted by molar-refractivity contribution is 0.266. The molecule has 1 aromatic rings. The molecule has 0 amide bonds. The fraction of sp³-hybridized carbons (Fsp3) is 0.625. The summed E-state index contributed by atoms with van der Waals surface area (Å²) in [5.41, 5.74) is 1.34. The molecule has 0 bridgehead atoms. The minimum absolute atomic E-state index is 0.139. The molecule has 0 unspecified atom stereocenters. The molecule has 22 heavy (non-hydrogen) atoms. The smallest absolute Gasteiger partial charge is 0.143 e. The second-order valence-electron chi connectivity index (χ2n) is 5.37. The Balaban J connectivity index is 0.000000295. The molecule has 6 heteroatoms. The summed E-state index contributed by atoms with van der Waals surface area (Å²) in [6.45, 7) is 1.42. The summed E-state index contributed by atoms with van der Waals surface area (Å²) >= 11 is 6.77. The van der Waals surface area contributed by atoms with Crippen LogP contribution in [0.2, 0.25) is 0 Å². The highest BCUT2D eigenvalue weighted by Gasteiger charge is 2.17. The van der Waals surface area contributed by atoms with Gasteiger partial charge < -0.3 is 20.6 Å². The first kappa shape index (κ1) is 19.9. The van der Waals surface area contributed by atoms with Gasteiger partial charge in [-0.1, -0.05) is 19.3 Å². The summed E-state index contributed by atoms with van der Waals surface area (Å²) in [7, 11) is 0. The molecule has 2 rings (SSSR count). The van der Waals surface area contributed by atoms with Gasteiger partial charge in [0.1, 0.15) is 5.75 Å². The van der Waals surface area contributed by atoms with E-state index in [1.54, 1.807) is 0 Å². The molecular formula is C16H25Br2NO3. The molecule has 1 aliphatic rings. The number of benzene rings is 1. The van der Waals surface area contributed by atoms with E-state index < -0.39 is 0 Å². The number of aliphatic hydroxyl groups excluding tert-OH is 2. The van der Waals surface area contributed by atoms with E-state index in [0.29, 0.717) is 24.8 Å². The van der Waals surface area contributed by atoms with Gasteiger partial charge in [0.05, 0.1) is 22.2 Å². The maximum absolute atomic E-state index is 9.64. The van der Waals surface area contributed by atoms with E-state index in [1.807, 2.05) is 0 Å². The average molecular weight is 439 g/mol. The van der Waals surface area contributed by atoms with E-state index in [0.717, 1.165) is 8.95 Å². The molecule has 0 radical (unpaired) electrons. The van der Waals surface area contributed by atoms with Crippen molar-refractivity contribution in [3.8, 4) is 5.75 Å². The van der Waals surface area contributed by atoms with Crippen LogP contribution < -0.4 is 5.32 Å². The van der Waals surface area contributed by atoms with Crippen LogP contribution in [0.3, 0.4) is 0 Å². The maximum Gasteiger partial charge on any atom is 0.143 e. The molecule has 1 aliphatic carbocycles. The average Bonchev–Trinajstić information content (AvgIpc) is 2.54. The molecule has 0 saturated heterocycles. The van der Waals surface area contributed by atoms with Crippen molar-refractivity contribution in [2.75, 3.05) is 26.3 Å². The van der Waals surface area contributed by atoms with Crippen molar-refractivity contribution in [1.29, 1.82) is 0 Å². The molecule has 0 aliphatic heterocycles. The minimum atomic E-state index is 0.139. The molecule has 0 spiro atoms. The molecule has 1 saturated carbocycles. The van der Waals surface area contributed by atoms with Crippen LogP contribution in [0.4, 0.5) is 0 Å². The summed E-state index contributed by atoms with van der Waals surface area (Å²) in [6, 6.07) is 4.10. The van der Waals surface area contributed by atoms with Crippen molar-refractivity contribution in [1.82, 2.24) is 5.32 Å². The van der Waals surface area contributed by atoms with Crippen LogP contribution in [0.15, 0.2) is 21.1 Å². The van der Waals surface area contributed by atoms with Crippen LogP contribution in [-0.2, 0) is 0 Å². The molecular weight excluding hydrogens is 414 g/mol. The van der Waals surface area contributed by atoms with Gasteiger partial charge in [-0.3, -0.25) is 0 Å². The SMILES string of the molecule is OCCNCCO.Oc1c(Br)cc(C2CCCCC2)cc1Br. The Bertz CT molecular complexity index is 410. The van der Waals surface area contributed by atoms with E-state index >= 15 is 0 Å². The van der Waals surface area contributed by atoms with Gasteiger partial charge in [0, 0.05) is 13.1 Å². The van der Waals surface area contributed by atoms with Crippen molar-refractivity contribution >= 4 is 31.9 Å². The first-order valence-electron chi connectivity index (χ1n) is 7.70. The predicted molar refractivity (Wildman–Crippen MR) is 96.4 cm³/mol. The number of hydrogen-bond donors (Lipinski definition) is 4. The zero-order chi connectivity index (χ0) is 16.4. The topological polar surface area (TPSA) is 72.7 Å². The van der Waals surface area contributed by atoms with Crippen LogP contribution in [0.5, 0.6) is 5.75 Å². The Hall–Kier alpha value is -0.140. The number of phenols is 1. The number of halogens is 2. The highest BCUT2D eigenvalue weighted by atomic mass is 79.9. The van der Waals surface area contributed by atoms with E-state index in [-0.39, 0.29) is 13.2 Å². The van der Waals surface area contributed by atoms with Crippen LogP contribution >= 0.6 is 31.9 Å². The monoisotopic (exact) mass is 437 g/mol. The fourth-order valence-corrected chi connectivity index (χ4v) is 3.76. The van der Waals surface area contributed by atoms with Crippen LogP contribution in [0.25, 0.3) is 0 Å². The zero-order valence-electron chi connectivity index (χ0n) is 12.7. The van der Waals surface area contributed by atoms with Crippen molar-refractivity contribution in [3.05, 3.63) is 26.6 Å². The third-order valence-electron chi connectivity index (χ3n) is 3.69. The lowest BCUT2D eigenvalue weighted by Gasteiger charge is -2.22. The Morgan fingerprint density at radius 1 is 0.955 bits per heavy atom. The lowest BCUT2D eigenvalue weighted by Crippen LogP contribution is -2.21. The number of aromatic hydroxyl groups is 1. The number of hydrogen-bond acceptors (Lipinski definition) is 4. The quantitative estimate of drug-likeness (QED) is 0.530. The molecule has 0 atom stereocenters. The number of nitrogens with one attached hydrogen (secondary N) is 1. The second kappa shape index (κ2) is 11.4. The molecule has 4 nitrogen and oxygen atoms in total. The van der Waals surface area contributed by atoms with Gasteiger partial charge in [-0.25, -0.2) is 0 Å². The summed E-state index contributed by atoms with van der Waals surface area (Å²) in [6.07, 6.45) is 6.60. The Labute approximate surface area is 149 Å². The van der Waals surface area contributed by atoms with Gasteiger partial charge in [-0.15, -0.1) is 0 Å². The first-order chi connectivity index (χ1) is 10.6. The summed E-state index contributed by atoms with van der Waals surface area (Å²) in [5.74, 6) is 0.974. The second-order valence-corrected chi connectivity index (χ2v) is 7.07. The standard InChI is InChI=1S/C12H14Br2O.C4H11NO2/c13-10-6-9(7-11(14)12(10)15)8-4-2-1-3-5-8;6-3-1-5-2-4-7/h6-8,15H,1-5H2;5-7H,1-4H2. The van der Waals surface area contributed by atoms with Crippen molar-refractivity contribution < 1.29 is 15.3 Å². The van der Waals surface area contributed by atoms with E-state index in [9.17, 15) is 5.11 Å². The van der Waals surface area contributed by atoms with Gasteiger partial charge in [0.25, 0.3) is 0 Å². The first-order valence-corrected chi connectivity index (χ1v) is 9.29. The molecule has 1 aromatic carbocycles. The highest BCUT2D eigenvalue weighted by Crippen LogP contribution is 2.39. The Morgan fingerprint density at radius 2 is 1.45 bits per heavy atom. The maximum atomic E-state index is 9.64. The molecule has 4 N–H and O–H groups in total. The summed E-state index contributed by atoms with van der Waals surface area (Å²) in [4.78, 5) is 0. The zero-order valence-corrected chi connectivity index (χ0v) is 15.9. The van der Waals surface area contributed by atoms with Crippen molar-refractivity contribution in [3.63, 3.8) is 0 Å². The van der Waals surface area contributed by atoms with E-state index in [1.165, 1.54) is 37.7 Å². The number of phenolic OH excluding ortho intramolecular Hbond substituents is 1. The lowest BCUT2D eigenvalue weighted by atomic mass is 9.84. The van der Waals surface area contributed by atoms with Crippen molar-refractivity contribution in [2.45, 2.75) is 38.0 Å². The van der Waals surface area contributed by atoms with Crippen molar-refractivity contribution in [2.24, 2.45) is 0 Å².